The molecule has 2 heterocycles. The lowest BCUT2D eigenvalue weighted by Crippen LogP contribution is -2.13. The minimum absolute atomic E-state index is 0.790. The molecule has 0 spiro atoms. The number of rotatable bonds is 4. The molecule has 0 atom stereocenters. The summed E-state index contributed by atoms with van der Waals surface area (Å²) in [4.78, 5) is 9.88. The van der Waals surface area contributed by atoms with Gasteiger partial charge in [-0.15, -0.1) is 11.3 Å². The SMILES string of the molecule is CCNCc1ccnc(-c2ccc(Br)s2)n1. The number of hydrogen-bond donors (Lipinski definition) is 1. The normalized spacial score (nSPS) is 10.6. The molecule has 84 valence electrons. The Kier molecular flexibility index (Phi) is 4.04. The number of thiophene rings is 1. The zero-order valence-electron chi connectivity index (χ0n) is 8.90. The number of halogens is 1. The molecule has 0 radical (unpaired) electrons. The van der Waals surface area contributed by atoms with Crippen molar-refractivity contribution < 1.29 is 0 Å². The summed E-state index contributed by atoms with van der Waals surface area (Å²) in [6, 6.07) is 5.98. The van der Waals surface area contributed by atoms with Gasteiger partial charge in [0.1, 0.15) is 0 Å². The molecule has 16 heavy (non-hydrogen) atoms. The zero-order chi connectivity index (χ0) is 11.4. The maximum atomic E-state index is 4.51. The Morgan fingerprint density at radius 1 is 1.38 bits per heavy atom. The van der Waals surface area contributed by atoms with Gasteiger partial charge in [-0.05, 0) is 40.7 Å². The fourth-order valence-corrected chi connectivity index (χ4v) is 2.63. The summed E-state index contributed by atoms with van der Waals surface area (Å²) in [5.74, 6) is 0.797. The summed E-state index contributed by atoms with van der Waals surface area (Å²) in [5, 5.41) is 3.25. The summed E-state index contributed by atoms with van der Waals surface area (Å²) in [5.41, 5.74) is 1.02. The van der Waals surface area contributed by atoms with Gasteiger partial charge >= 0.3 is 0 Å². The van der Waals surface area contributed by atoms with E-state index in [4.69, 9.17) is 0 Å². The zero-order valence-corrected chi connectivity index (χ0v) is 11.3. The quantitative estimate of drug-likeness (QED) is 0.942. The van der Waals surface area contributed by atoms with E-state index in [9.17, 15) is 0 Å². The average Bonchev–Trinajstić information content (AvgIpc) is 2.74. The molecular weight excluding hydrogens is 286 g/mol. The van der Waals surface area contributed by atoms with Gasteiger partial charge in [-0.3, -0.25) is 0 Å². The smallest absolute Gasteiger partial charge is 0.169 e. The minimum atomic E-state index is 0.790. The summed E-state index contributed by atoms with van der Waals surface area (Å²) < 4.78 is 1.10. The number of hydrogen-bond acceptors (Lipinski definition) is 4. The second-order valence-electron chi connectivity index (χ2n) is 3.26. The monoisotopic (exact) mass is 297 g/mol. The van der Waals surface area contributed by atoms with Crippen LogP contribution >= 0.6 is 27.3 Å². The van der Waals surface area contributed by atoms with E-state index < -0.39 is 0 Å². The highest BCUT2D eigenvalue weighted by atomic mass is 79.9. The molecule has 2 rings (SSSR count). The lowest BCUT2D eigenvalue weighted by Gasteiger charge is -2.02. The maximum absolute atomic E-state index is 4.51. The van der Waals surface area contributed by atoms with Crippen molar-refractivity contribution in [2.45, 2.75) is 13.5 Å². The van der Waals surface area contributed by atoms with Crippen LogP contribution in [0.3, 0.4) is 0 Å². The first-order valence-corrected chi connectivity index (χ1v) is 6.69. The van der Waals surface area contributed by atoms with Crippen LogP contribution in [0.2, 0.25) is 0 Å². The Hall–Kier alpha value is -0.780. The third-order valence-electron chi connectivity index (χ3n) is 2.06. The van der Waals surface area contributed by atoms with Gasteiger partial charge in [0, 0.05) is 12.7 Å². The molecule has 0 aliphatic rings. The molecule has 3 nitrogen and oxygen atoms in total. The van der Waals surface area contributed by atoms with Crippen molar-refractivity contribution >= 4 is 27.3 Å². The highest BCUT2D eigenvalue weighted by Gasteiger charge is 2.05. The second kappa shape index (κ2) is 5.52. The lowest BCUT2D eigenvalue weighted by atomic mass is 10.3. The first-order chi connectivity index (χ1) is 7.79. The largest absolute Gasteiger partial charge is 0.311 e. The number of aromatic nitrogens is 2. The van der Waals surface area contributed by atoms with Crippen LogP contribution in [0.15, 0.2) is 28.2 Å². The van der Waals surface area contributed by atoms with Crippen LogP contribution in [-0.4, -0.2) is 16.5 Å². The molecule has 0 saturated heterocycles. The lowest BCUT2D eigenvalue weighted by molar-refractivity contribution is 0.709. The van der Waals surface area contributed by atoms with Crippen molar-refractivity contribution in [3.8, 4) is 10.7 Å². The Balaban J connectivity index is 2.22. The highest BCUT2D eigenvalue weighted by molar-refractivity contribution is 9.11. The Morgan fingerprint density at radius 2 is 2.25 bits per heavy atom. The third-order valence-corrected chi connectivity index (χ3v) is 3.68. The molecule has 0 saturated carbocycles. The molecule has 0 bridgehead atoms. The van der Waals surface area contributed by atoms with Crippen molar-refractivity contribution in [2.24, 2.45) is 0 Å². The van der Waals surface area contributed by atoms with E-state index >= 15 is 0 Å². The summed E-state index contributed by atoms with van der Waals surface area (Å²) in [6.45, 7) is 3.82. The molecule has 0 aromatic carbocycles. The Bertz CT molecular complexity index is 470. The van der Waals surface area contributed by atoms with Crippen molar-refractivity contribution in [1.82, 2.24) is 15.3 Å². The van der Waals surface area contributed by atoms with E-state index in [-0.39, 0.29) is 0 Å². The van der Waals surface area contributed by atoms with E-state index in [1.165, 1.54) is 0 Å². The molecule has 2 aromatic rings. The fraction of sp³-hybridized carbons (Fsp3) is 0.273. The third kappa shape index (κ3) is 2.87. The summed E-state index contributed by atoms with van der Waals surface area (Å²) in [7, 11) is 0. The highest BCUT2D eigenvalue weighted by Crippen LogP contribution is 2.28. The maximum Gasteiger partial charge on any atom is 0.169 e. The molecule has 5 heteroatoms. The Morgan fingerprint density at radius 3 is 2.94 bits per heavy atom. The van der Waals surface area contributed by atoms with Gasteiger partial charge in [-0.25, -0.2) is 9.97 Å². The summed E-state index contributed by atoms with van der Waals surface area (Å²) >= 11 is 5.09. The second-order valence-corrected chi connectivity index (χ2v) is 5.72. The van der Waals surface area contributed by atoms with Gasteiger partial charge in [-0.1, -0.05) is 6.92 Å². The molecule has 0 aliphatic carbocycles. The molecule has 0 amide bonds. The van der Waals surface area contributed by atoms with Crippen molar-refractivity contribution in [2.75, 3.05) is 6.54 Å². The Labute approximate surface area is 107 Å². The van der Waals surface area contributed by atoms with E-state index in [1.807, 2.05) is 24.4 Å². The first-order valence-electron chi connectivity index (χ1n) is 5.08. The van der Waals surface area contributed by atoms with Gasteiger partial charge < -0.3 is 5.32 Å². The van der Waals surface area contributed by atoms with E-state index in [2.05, 4.69) is 38.1 Å². The van der Waals surface area contributed by atoms with Gasteiger partial charge in [0.05, 0.1) is 14.4 Å². The van der Waals surface area contributed by atoms with E-state index in [0.717, 1.165) is 33.3 Å². The van der Waals surface area contributed by atoms with Crippen LogP contribution < -0.4 is 5.32 Å². The molecule has 1 N–H and O–H groups in total. The predicted molar refractivity (Wildman–Crippen MR) is 70.4 cm³/mol. The van der Waals surface area contributed by atoms with Crippen LogP contribution in [0.5, 0.6) is 0 Å². The van der Waals surface area contributed by atoms with Gasteiger partial charge in [0.2, 0.25) is 0 Å². The predicted octanol–water partition coefficient (Wildman–Crippen LogP) is 3.08. The standard InChI is InChI=1S/C11H12BrN3S/c1-2-13-7-8-5-6-14-11(15-8)9-3-4-10(12)16-9/h3-6,13H,2,7H2,1H3. The van der Waals surface area contributed by atoms with Gasteiger partial charge in [0.15, 0.2) is 5.82 Å². The fourth-order valence-electron chi connectivity index (χ4n) is 1.30. The first kappa shape index (κ1) is 11.7. The number of nitrogens with zero attached hydrogens (tertiary/aromatic N) is 2. The van der Waals surface area contributed by atoms with Crippen LogP contribution in [-0.2, 0) is 6.54 Å². The van der Waals surface area contributed by atoms with Crippen LogP contribution in [0.25, 0.3) is 10.7 Å². The van der Waals surface area contributed by atoms with E-state index in [1.54, 1.807) is 11.3 Å². The van der Waals surface area contributed by atoms with Crippen LogP contribution in [0.4, 0.5) is 0 Å². The van der Waals surface area contributed by atoms with Crippen LogP contribution in [0.1, 0.15) is 12.6 Å². The number of nitrogens with one attached hydrogen (secondary N) is 1. The van der Waals surface area contributed by atoms with Gasteiger partial charge in [0.25, 0.3) is 0 Å². The van der Waals surface area contributed by atoms with E-state index in [0.29, 0.717) is 0 Å². The topological polar surface area (TPSA) is 37.8 Å². The molecule has 0 unspecified atom stereocenters. The molecule has 0 fully saturated rings. The van der Waals surface area contributed by atoms with Crippen molar-refractivity contribution in [1.29, 1.82) is 0 Å². The van der Waals surface area contributed by atoms with Crippen molar-refractivity contribution in [3.05, 3.63) is 33.9 Å². The minimum Gasteiger partial charge on any atom is -0.311 e. The van der Waals surface area contributed by atoms with Crippen molar-refractivity contribution in [3.63, 3.8) is 0 Å². The molecule has 2 aromatic heterocycles. The summed E-state index contributed by atoms with van der Waals surface area (Å²) in [6.07, 6.45) is 1.81. The van der Waals surface area contributed by atoms with Crippen LogP contribution in [0, 0.1) is 0 Å². The average molecular weight is 298 g/mol. The molecular formula is C11H12BrN3S. The molecule has 0 aliphatic heterocycles. The van der Waals surface area contributed by atoms with Gasteiger partial charge in [-0.2, -0.15) is 0 Å².